The summed E-state index contributed by atoms with van der Waals surface area (Å²) in [6, 6.07) is 20.1. The predicted molar refractivity (Wildman–Crippen MR) is 112 cm³/mol. The van der Waals surface area contributed by atoms with Crippen molar-refractivity contribution in [2.24, 2.45) is 0 Å². The van der Waals surface area contributed by atoms with Crippen molar-refractivity contribution in [1.29, 1.82) is 0 Å². The van der Waals surface area contributed by atoms with Crippen LogP contribution in [0.15, 0.2) is 81.4 Å². The number of aromatic amines is 1. The summed E-state index contributed by atoms with van der Waals surface area (Å²) >= 11 is 1.72. The molecule has 4 rings (SSSR count). The monoisotopic (exact) mass is 391 g/mol. The molecule has 0 aliphatic carbocycles. The molecule has 0 fully saturated rings. The Labute approximate surface area is 167 Å². The van der Waals surface area contributed by atoms with E-state index in [-0.39, 0.29) is 5.56 Å². The van der Waals surface area contributed by atoms with Crippen molar-refractivity contribution < 1.29 is 4.74 Å². The summed E-state index contributed by atoms with van der Waals surface area (Å²) < 4.78 is 6.87. The summed E-state index contributed by atoms with van der Waals surface area (Å²) in [5.41, 5.74) is 3.20. The smallest absolute Gasteiger partial charge is 0.272 e. The molecule has 0 saturated heterocycles. The first-order chi connectivity index (χ1) is 13.7. The minimum Gasteiger partial charge on any atom is -0.381 e. The third-order valence-corrected chi connectivity index (χ3v) is 5.42. The number of H-pyrrole nitrogens is 1. The van der Waals surface area contributed by atoms with Crippen LogP contribution in [-0.4, -0.2) is 27.8 Å². The molecule has 2 aromatic carbocycles. The lowest BCUT2D eigenvalue weighted by molar-refractivity contribution is 0.150. The summed E-state index contributed by atoms with van der Waals surface area (Å²) in [7, 11) is 0. The molecule has 2 aromatic heterocycles. The van der Waals surface area contributed by atoms with Crippen molar-refractivity contribution >= 4 is 17.4 Å². The average Bonchev–Trinajstić information content (AvgIpc) is 3.14. The number of hydrogen-bond donors (Lipinski definition) is 1. The highest BCUT2D eigenvalue weighted by Gasteiger charge is 2.11. The van der Waals surface area contributed by atoms with Gasteiger partial charge in [0.1, 0.15) is 0 Å². The van der Waals surface area contributed by atoms with E-state index in [1.807, 2.05) is 31.3 Å². The maximum atomic E-state index is 12.4. The van der Waals surface area contributed by atoms with Crippen LogP contribution in [0.25, 0.3) is 16.8 Å². The van der Waals surface area contributed by atoms with E-state index in [0.717, 1.165) is 21.7 Å². The molecule has 0 bridgehead atoms. The van der Waals surface area contributed by atoms with Gasteiger partial charge < -0.3 is 4.74 Å². The van der Waals surface area contributed by atoms with Crippen LogP contribution in [0.1, 0.15) is 12.6 Å². The van der Waals surface area contributed by atoms with Crippen LogP contribution in [0.5, 0.6) is 0 Å². The fourth-order valence-corrected chi connectivity index (χ4v) is 3.86. The number of nitrogens with zero attached hydrogens (tertiary/aromatic N) is 2. The second-order valence-electron chi connectivity index (χ2n) is 6.32. The Kier molecular flexibility index (Phi) is 5.60. The molecule has 4 aromatic rings. The highest BCUT2D eigenvalue weighted by atomic mass is 32.2. The Balaban J connectivity index is 1.62. The summed E-state index contributed by atoms with van der Waals surface area (Å²) in [5.74, 6) is 0. The van der Waals surface area contributed by atoms with Crippen LogP contribution in [0.2, 0.25) is 0 Å². The molecule has 0 saturated carbocycles. The maximum absolute atomic E-state index is 12.4. The quantitative estimate of drug-likeness (QED) is 0.474. The molecule has 2 heterocycles. The number of fused-ring (bicyclic) bond motifs is 1. The van der Waals surface area contributed by atoms with Gasteiger partial charge in [-0.25, -0.2) is 9.50 Å². The van der Waals surface area contributed by atoms with E-state index in [1.165, 1.54) is 9.41 Å². The van der Waals surface area contributed by atoms with Gasteiger partial charge in [0.25, 0.3) is 5.56 Å². The Hall–Kier alpha value is -2.83. The van der Waals surface area contributed by atoms with Gasteiger partial charge in [0, 0.05) is 40.6 Å². The molecule has 0 spiro atoms. The third kappa shape index (κ3) is 4.03. The molecule has 0 atom stereocenters. The van der Waals surface area contributed by atoms with Crippen LogP contribution in [0.4, 0.5) is 0 Å². The third-order valence-electron chi connectivity index (χ3n) is 4.40. The van der Waals surface area contributed by atoms with Gasteiger partial charge in [-0.05, 0) is 36.8 Å². The van der Waals surface area contributed by atoms with Crippen LogP contribution >= 0.6 is 11.8 Å². The van der Waals surface area contributed by atoms with Crippen molar-refractivity contribution in [2.75, 3.05) is 13.2 Å². The summed E-state index contributed by atoms with van der Waals surface area (Å²) in [5, 5.41) is 3.01. The first-order valence-corrected chi connectivity index (χ1v) is 10.1. The summed E-state index contributed by atoms with van der Waals surface area (Å²) in [6.07, 6.45) is 2.45. The van der Waals surface area contributed by atoms with Crippen LogP contribution in [0, 0.1) is 0 Å². The van der Waals surface area contributed by atoms with Crippen LogP contribution < -0.4 is 5.56 Å². The van der Waals surface area contributed by atoms with E-state index in [2.05, 4.69) is 46.5 Å². The van der Waals surface area contributed by atoms with E-state index in [0.29, 0.717) is 25.3 Å². The fraction of sp³-hybridized carbons (Fsp3) is 0.182. The number of aromatic nitrogens is 3. The van der Waals surface area contributed by atoms with Crippen molar-refractivity contribution in [3.8, 4) is 11.1 Å². The van der Waals surface area contributed by atoms with Gasteiger partial charge >= 0.3 is 0 Å². The predicted octanol–water partition coefficient (Wildman–Crippen LogP) is 4.42. The molecule has 142 valence electrons. The van der Waals surface area contributed by atoms with Gasteiger partial charge in [-0.2, -0.15) is 0 Å². The minimum atomic E-state index is -0.112. The van der Waals surface area contributed by atoms with E-state index < -0.39 is 0 Å². The molecule has 0 radical (unpaired) electrons. The largest absolute Gasteiger partial charge is 0.381 e. The molecular weight excluding hydrogens is 370 g/mol. The number of rotatable bonds is 7. The molecule has 0 aliphatic rings. The Bertz CT molecular complexity index is 1120. The topological polar surface area (TPSA) is 59.4 Å². The van der Waals surface area contributed by atoms with E-state index >= 15 is 0 Å². The van der Waals surface area contributed by atoms with Crippen LogP contribution in [-0.2, 0) is 11.2 Å². The molecular formula is C22H21N3O2S. The van der Waals surface area contributed by atoms with Gasteiger partial charge in [-0.15, -0.1) is 0 Å². The summed E-state index contributed by atoms with van der Waals surface area (Å²) in [4.78, 5) is 19.4. The zero-order chi connectivity index (χ0) is 19.3. The molecule has 6 heteroatoms. The van der Waals surface area contributed by atoms with Crippen molar-refractivity contribution in [3.63, 3.8) is 0 Å². The van der Waals surface area contributed by atoms with Gasteiger partial charge in [-0.3, -0.25) is 9.89 Å². The maximum Gasteiger partial charge on any atom is 0.272 e. The molecule has 0 unspecified atom stereocenters. The van der Waals surface area contributed by atoms with Crippen LogP contribution in [0.3, 0.4) is 0 Å². The SMILES string of the molecule is CCOCCc1cc(=O)n2[nH]cc(-c3ccc(Sc4ccccc4)cc3)c2n1. The summed E-state index contributed by atoms with van der Waals surface area (Å²) in [6.45, 7) is 3.17. The molecule has 28 heavy (non-hydrogen) atoms. The first kappa shape index (κ1) is 18.5. The number of ether oxygens (including phenoxy) is 1. The molecule has 1 N–H and O–H groups in total. The Morgan fingerprint density at radius 2 is 1.82 bits per heavy atom. The molecule has 0 aliphatic heterocycles. The van der Waals surface area contributed by atoms with Gasteiger partial charge in [0.05, 0.1) is 12.3 Å². The highest BCUT2D eigenvalue weighted by molar-refractivity contribution is 7.99. The fourth-order valence-electron chi connectivity index (χ4n) is 3.02. The lowest BCUT2D eigenvalue weighted by Gasteiger charge is -2.05. The second-order valence-corrected chi connectivity index (χ2v) is 7.47. The normalized spacial score (nSPS) is 11.2. The number of hydrogen-bond acceptors (Lipinski definition) is 4. The number of nitrogens with one attached hydrogen (secondary N) is 1. The average molecular weight is 391 g/mol. The zero-order valence-electron chi connectivity index (χ0n) is 15.6. The van der Waals surface area contributed by atoms with E-state index in [1.54, 1.807) is 17.8 Å². The first-order valence-electron chi connectivity index (χ1n) is 9.26. The lowest BCUT2D eigenvalue weighted by atomic mass is 10.1. The van der Waals surface area contributed by atoms with Gasteiger partial charge in [0.15, 0.2) is 5.65 Å². The minimum absolute atomic E-state index is 0.112. The highest BCUT2D eigenvalue weighted by Crippen LogP contribution is 2.30. The van der Waals surface area contributed by atoms with Gasteiger partial charge in [0.2, 0.25) is 0 Å². The molecule has 5 nitrogen and oxygen atoms in total. The standard InChI is InChI=1S/C22H21N3O2S/c1-2-27-13-12-17-14-21(26)25-22(24-17)20(15-23-25)16-8-10-19(11-9-16)28-18-6-4-3-5-7-18/h3-11,14-15,23H,2,12-13H2,1H3. The lowest BCUT2D eigenvalue weighted by Crippen LogP contribution is -2.16. The number of benzene rings is 2. The Morgan fingerprint density at radius 1 is 1.07 bits per heavy atom. The van der Waals surface area contributed by atoms with Crippen molar-refractivity contribution in [3.05, 3.63) is 82.9 Å². The van der Waals surface area contributed by atoms with Crippen molar-refractivity contribution in [2.45, 2.75) is 23.1 Å². The second kappa shape index (κ2) is 8.46. The molecule has 0 amide bonds. The van der Waals surface area contributed by atoms with Gasteiger partial charge in [-0.1, -0.05) is 42.1 Å². The van der Waals surface area contributed by atoms with Crippen molar-refractivity contribution in [1.82, 2.24) is 14.6 Å². The Morgan fingerprint density at radius 3 is 2.57 bits per heavy atom. The van der Waals surface area contributed by atoms with E-state index in [9.17, 15) is 4.79 Å². The van der Waals surface area contributed by atoms with E-state index in [4.69, 9.17) is 4.74 Å². The zero-order valence-corrected chi connectivity index (χ0v) is 16.4.